The Morgan fingerprint density at radius 2 is 2.14 bits per heavy atom. The standard InChI is InChI=1S/C14H22ClN3O3S/c1-14(2,3)21-13(20)9(6-7-22-5)16-12(19)10-8-11(15)17-18(10)4/h8-9H,6-7H2,1-5H3,(H,16,19)/t9-/m0/s1. The number of hydrogen-bond donors (Lipinski definition) is 1. The van der Waals surface area contributed by atoms with Gasteiger partial charge in [0.15, 0.2) is 5.15 Å². The van der Waals surface area contributed by atoms with Crippen molar-refractivity contribution in [1.82, 2.24) is 15.1 Å². The van der Waals surface area contributed by atoms with Gasteiger partial charge in [-0.25, -0.2) is 4.79 Å². The molecule has 0 bridgehead atoms. The molecule has 1 heterocycles. The summed E-state index contributed by atoms with van der Waals surface area (Å²) in [6.07, 6.45) is 2.43. The Morgan fingerprint density at radius 3 is 2.59 bits per heavy atom. The Labute approximate surface area is 139 Å². The number of nitrogens with zero attached hydrogens (tertiary/aromatic N) is 2. The first kappa shape index (κ1) is 18.8. The summed E-state index contributed by atoms with van der Waals surface area (Å²) in [5, 5.41) is 6.83. The van der Waals surface area contributed by atoms with E-state index in [2.05, 4.69) is 10.4 Å². The van der Waals surface area contributed by atoms with Crippen LogP contribution in [0.2, 0.25) is 5.15 Å². The van der Waals surface area contributed by atoms with Gasteiger partial charge >= 0.3 is 5.97 Å². The molecule has 6 nitrogen and oxygen atoms in total. The first-order valence-electron chi connectivity index (χ1n) is 6.86. The molecule has 0 saturated carbocycles. The van der Waals surface area contributed by atoms with Gasteiger partial charge in [0, 0.05) is 13.1 Å². The summed E-state index contributed by atoms with van der Waals surface area (Å²) in [5.41, 5.74) is -0.308. The number of esters is 1. The van der Waals surface area contributed by atoms with E-state index in [9.17, 15) is 9.59 Å². The second-order valence-corrected chi connectivity index (χ2v) is 7.19. The third kappa shape index (κ3) is 5.88. The van der Waals surface area contributed by atoms with Crippen molar-refractivity contribution in [3.05, 3.63) is 16.9 Å². The van der Waals surface area contributed by atoms with Crippen LogP contribution in [0, 0.1) is 0 Å². The molecule has 1 atom stereocenters. The first-order chi connectivity index (χ1) is 10.1. The molecule has 0 spiro atoms. The molecule has 0 aliphatic carbocycles. The number of hydrogen-bond acceptors (Lipinski definition) is 5. The van der Waals surface area contributed by atoms with E-state index in [1.54, 1.807) is 39.6 Å². The lowest BCUT2D eigenvalue weighted by atomic mass is 10.1. The normalized spacial score (nSPS) is 12.8. The highest BCUT2D eigenvalue weighted by atomic mass is 35.5. The van der Waals surface area contributed by atoms with Crippen molar-refractivity contribution in [3.63, 3.8) is 0 Å². The van der Waals surface area contributed by atoms with E-state index in [-0.39, 0.29) is 5.15 Å². The molecule has 124 valence electrons. The van der Waals surface area contributed by atoms with Crippen LogP contribution in [0.25, 0.3) is 0 Å². The summed E-state index contributed by atoms with van der Waals surface area (Å²) in [7, 11) is 1.62. The summed E-state index contributed by atoms with van der Waals surface area (Å²) in [6.45, 7) is 5.37. The smallest absolute Gasteiger partial charge is 0.329 e. The number of ether oxygens (including phenoxy) is 1. The Balaban J connectivity index is 2.82. The Kier molecular flexibility index (Phi) is 6.74. The van der Waals surface area contributed by atoms with Gasteiger partial charge in [0.2, 0.25) is 0 Å². The number of rotatable bonds is 6. The van der Waals surface area contributed by atoms with Gasteiger partial charge in [-0.1, -0.05) is 11.6 Å². The van der Waals surface area contributed by atoms with Crippen LogP contribution >= 0.6 is 23.4 Å². The van der Waals surface area contributed by atoms with Gasteiger partial charge < -0.3 is 10.1 Å². The number of aryl methyl sites for hydroxylation is 1. The van der Waals surface area contributed by atoms with Gasteiger partial charge in [-0.05, 0) is 39.2 Å². The largest absolute Gasteiger partial charge is 0.458 e. The molecule has 0 unspecified atom stereocenters. The highest BCUT2D eigenvalue weighted by Crippen LogP contribution is 2.13. The molecular weight excluding hydrogens is 326 g/mol. The molecule has 0 fully saturated rings. The van der Waals surface area contributed by atoms with Crippen LogP contribution in [-0.4, -0.2) is 45.3 Å². The third-order valence-corrected chi connectivity index (χ3v) is 3.52. The van der Waals surface area contributed by atoms with Gasteiger partial charge in [0.1, 0.15) is 17.3 Å². The zero-order chi connectivity index (χ0) is 16.9. The maximum absolute atomic E-state index is 12.3. The number of nitrogens with one attached hydrogen (secondary N) is 1. The molecule has 0 radical (unpaired) electrons. The van der Waals surface area contributed by atoms with Crippen molar-refractivity contribution < 1.29 is 14.3 Å². The quantitative estimate of drug-likeness (QED) is 0.799. The summed E-state index contributed by atoms with van der Waals surface area (Å²) in [6, 6.07) is 0.755. The Morgan fingerprint density at radius 1 is 1.50 bits per heavy atom. The molecule has 8 heteroatoms. The van der Waals surface area contributed by atoms with E-state index < -0.39 is 23.5 Å². The molecule has 1 aromatic rings. The Hall–Kier alpha value is -1.21. The van der Waals surface area contributed by atoms with Gasteiger partial charge in [-0.3, -0.25) is 9.48 Å². The Bertz CT molecular complexity index is 540. The number of carbonyl (C=O) groups excluding carboxylic acids is 2. The van der Waals surface area contributed by atoms with Crippen LogP contribution in [0.15, 0.2) is 6.07 Å². The van der Waals surface area contributed by atoms with E-state index in [4.69, 9.17) is 16.3 Å². The van der Waals surface area contributed by atoms with Crippen LogP contribution in [0.3, 0.4) is 0 Å². The second-order valence-electron chi connectivity index (χ2n) is 5.82. The monoisotopic (exact) mass is 347 g/mol. The zero-order valence-corrected chi connectivity index (χ0v) is 15.0. The highest BCUT2D eigenvalue weighted by molar-refractivity contribution is 7.98. The van der Waals surface area contributed by atoms with Crippen LogP contribution in [0.1, 0.15) is 37.7 Å². The summed E-state index contributed by atoms with van der Waals surface area (Å²) < 4.78 is 6.73. The third-order valence-electron chi connectivity index (χ3n) is 2.69. The summed E-state index contributed by atoms with van der Waals surface area (Å²) in [4.78, 5) is 24.5. The number of thioether (sulfide) groups is 1. The molecule has 22 heavy (non-hydrogen) atoms. The van der Waals surface area contributed by atoms with Crippen molar-refractivity contribution in [2.75, 3.05) is 12.0 Å². The predicted octanol–water partition coefficient (Wildman–Crippen LogP) is 2.27. The van der Waals surface area contributed by atoms with Crippen LogP contribution in [0.4, 0.5) is 0 Å². The topological polar surface area (TPSA) is 73.2 Å². The number of amides is 1. The fourth-order valence-corrected chi connectivity index (χ4v) is 2.42. The molecule has 0 aliphatic heterocycles. The van der Waals surface area contributed by atoms with Crippen molar-refractivity contribution in [1.29, 1.82) is 0 Å². The molecule has 1 aromatic heterocycles. The van der Waals surface area contributed by atoms with Gasteiger partial charge in [-0.15, -0.1) is 0 Å². The number of halogens is 1. The molecule has 0 saturated heterocycles. The van der Waals surface area contributed by atoms with Crippen molar-refractivity contribution in [2.45, 2.75) is 38.8 Å². The second kappa shape index (κ2) is 7.87. The fourth-order valence-electron chi connectivity index (χ4n) is 1.73. The van der Waals surface area contributed by atoms with Gasteiger partial charge in [-0.2, -0.15) is 16.9 Å². The van der Waals surface area contributed by atoms with Crippen LogP contribution in [-0.2, 0) is 16.6 Å². The predicted molar refractivity (Wildman–Crippen MR) is 88.3 cm³/mol. The lowest BCUT2D eigenvalue weighted by Gasteiger charge is -2.24. The maximum atomic E-state index is 12.3. The SMILES string of the molecule is CSCC[C@H](NC(=O)c1cc(Cl)nn1C)C(=O)OC(C)(C)C. The van der Waals surface area contributed by atoms with Gasteiger partial charge in [0.05, 0.1) is 0 Å². The molecule has 1 amide bonds. The van der Waals surface area contributed by atoms with E-state index in [1.165, 1.54) is 10.7 Å². The van der Waals surface area contributed by atoms with E-state index >= 15 is 0 Å². The molecule has 1 rings (SSSR count). The summed E-state index contributed by atoms with van der Waals surface area (Å²) >= 11 is 7.37. The van der Waals surface area contributed by atoms with Crippen molar-refractivity contribution in [2.24, 2.45) is 7.05 Å². The van der Waals surface area contributed by atoms with E-state index in [0.717, 1.165) is 5.75 Å². The fraction of sp³-hybridized carbons (Fsp3) is 0.643. The summed E-state index contributed by atoms with van der Waals surface area (Å²) in [5.74, 6) is -0.113. The van der Waals surface area contributed by atoms with Gasteiger partial charge in [0.25, 0.3) is 5.91 Å². The minimum absolute atomic E-state index is 0.227. The zero-order valence-electron chi connectivity index (χ0n) is 13.5. The average Bonchev–Trinajstić information content (AvgIpc) is 2.71. The highest BCUT2D eigenvalue weighted by Gasteiger charge is 2.27. The minimum atomic E-state index is -0.701. The number of aromatic nitrogens is 2. The molecule has 0 aromatic carbocycles. The van der Waals surface area contributed by atoms with Crippen LogP contribution < -0.4 is 5.32 Å². The van der Waals surface area contributed by atoms with Crippen LogP contribution in [0.5, 0.6) is 0 Å². The number of carbonyl (C=O) groups is 2. The first-order valence-corrected chi connectivity index (χ1v) is 8.63. The molecule has 1 N–H and O–H groups in total. The van der Waals surface area contributed by atoms with E-state index in [1.807, 2.05) is 6.26 Å². The lowest BCUT2D eigenvalue weighted by Crippen LogP contribution is -2.45. The molecular formula is C14H22ClN3O3S. The van der Waals surface area contributed by atoms with Crippen molar-refractivity contribution in [3.8, 4) is 0 Å². The van der Waals surface area contributed by atoms with Crippen molar-refractivity contribution >= 4 is 35.2 Å². The minimum Gasteiger partial charge on any atom is -0.458 e. The average molecular weight is 348 g/mol. The molecule has 0 aliphatic rings. The van der Waals surface area contributed by atoms with E-state index in [0.29, 0.717) is 12.1 Å². The lowest BCUT2D eigenvalue weighted by molar-refractivity contribution is -0.157. The maximum Gasteiger partial charge on any atom is 0.329 e.